The zero-order valence-electron chi connectivity index (χ0n) is 20.8. The van der Waals surface area contributed by atoms with Crippen molar-refractivity contribution < 1.29 is 9.47 Å². The summed E-state index contributed by atoms with van der Waals surface area (Å²) in [5, 5.41) is 11.3. The molecular weight excluding hydrogens is 468 g/mol. The number of anilines is 4. The van der Waals surface area contributed by atoms with Gasteiger partial charge in [-0.05, 0) is 43.3 Å². The van der Waals surface area contributed by atoms with Gasteiger partial charge in [-0.15, -0.1) is 0 Å². The first-order valence-corrected chi connectivity index (χ1v) is 12.6. The summed E-state index contributed by atoms with van der Waals surface area (Å²) in [6, 6.07) is 12.5. The predicted octanol–water partition coefficient (Wildman–Crippen LogP) is 3.45. The van der Waals surface area contributed by atoms with Crippen molar-refractivity contribution in [2.75, 3.05) is 62.0 Å². The molecule has 2 saturated heterocycles. The second-order valence-corrected chi connectivity index (χ2v) is 9.17. The molecule has 0 radical (unpaired) electrons. The van der Waals surface area contributed by atoms with Gasteiger partial charge in [0.25, 0.3) is 0 Å². The molecule has 6 rings (SSSR count). The van der Waals surface area contributed by atoms with Crippen LogP contribution in [0.25, 0.3) is 22.3 Å². The first-order valence-electron chi connectivity index (χ1n) is 12.6. The zero-order valence-corrected chi connectivity index (χ0v) is 20.8. The molecule has 3 aromatic heterocycles. The second-order valence-electron chi connectivity index (χ2n) is 9.17. The van der Waals surface area contributed by atoms with Crippen LogP contribution in [0.5, 0.6) is 5.75 Å². The molecule has 1 aromatic carbocycles. The Hall–Kier alpha value is -4.02. The van der Waals surface area contributed by atoms with Gasteiger partial charge < -0.3 is 30.3 Å². The lowest BCUT2D eigenvalue weighted by Crippen LogP contribution is -2.36. The van der Waals surface area contributed by atoms with E-state index in [1.807, 2.05) is 18.2 Å². The normalized spacial score (nSPS) is 17.6. The molecule has 4 aromatic rings. The maximum atomic E-state index is 5.59. The number of ether oxygens (including phenoxy) is 2. The minimum absolute atomic E-state index is 0.289. The molecule has 2 aliphatic heterocycles. The minimum Gasteiger partial charge on any atom is -0.494 e. The Morgan fingerprint density at radius 2 is 2.03 bits per heavy atom. The van der Waals surface area contributed by atoms with Crippen molar-refractivity contribution >= 4 is 33.9 Å². The number of fused-ring (bicyclic) bond motifs is 1. The van der Waals surface area contributed by atoms with Crippen LogP contribution < -0.4 is 25.6 Å². The highest BCUT2D eigenvalue weighted by Gasteiger charge is 2.20. The van der Waals surface area contributed by atoms with Crippen molar-refractivity contribution in [3.8, 4) is 17.1 Å². The fraction of sp³-hybridized carbons (Fsp3) is 0.333. The van der Waals surface area contributed by atoms with Gasteiger partial charge in [0, 0.05) is 48.8 Å². The first kappa shape index (κ1) is 23.4. The third-order valence-electron chi connectivity index (χ3n) is 6.71. The zero-order chi connectivity index (χ0) is 25.0. The Morgan fingerprint density at radius 1 is 1.11 bits per heavy atom. The number of pyridine rings is 2. The molecule has 10 heteroatoms. The summed E-state index contributed by atoms with van der Waals surface area (Å²) in [5.74, 6) is 2.72. The molecule has 0 bridgehead atoms. The average Bonchev–Trinajstić information content (AvgIpc) is 3.46. The minimum atomic E-state index is 0.289. The Morgan fingerprint density at radius 3 is 2.86 bits per heavy atom. The largest absolute Gasteiger partial charge is 0.494 e. The van der Waals surface area contributed by atoms with Gasteiger partial charge in [-0.2, -0.15) is 0 Å². The number of nitrogens with one attached hydrogen (secondary N) is 3. The Kier molecular flexibility index (Phi) is 6.66. The van der Waals surface area contributed by atoms with Gasteiger partial charge in [-0.3, -0.25) is 4.98 Å². The summed E-state index contributed by atoms with van der Waals surface area (Å²) >= 11 is 0. The molecule has 1 atom stereocenters. The highest BCUT2D eigenvalue weighted by atomic mass is 16.5. The molecule has 0 aliphatic carbocycles. The van der Waals surface area contributed by atoms with Crippen LogP contribution in [0, 0.1) is 0 Å². The summed E-state index contributed by atoms with van der Waals surface area (Å²) in [5.41, 5.74) is 3.72. The maximum Gasteiger partial charge on any atom is 0.162 e. The summed E-state index contributed by atoms with van der Waals surface area (Å²) in [6.45, 7) is 5.16. The third-order valence-corrected chi connectivity index (χ3v) is 6.71. The highest BCUT2D eigenvalue weighted by molar-refractivity contribution is 5.95. The summed E-state index contributed by atoms with van der Waals surface area (Å²) < 4.78 is 11.1. The van der Waals surface area contributed by atoms with E-state index in [2.05, 4.69) is 49.0 Å². The van der Waals surface area contributed by atoms with Gasteiger partial charge in [0.15, 0.2) is 5.82 Å². The van der Waals surface area contributed by atoms with Crippen LogP contribution in [0.2, 0.25) is 0 Å². The van der Waals surface area contributed by atoms with Crippen molar-refractivity contribution in [2.24, 2.45) is 0 Å². The van der Waals surface area contributed by atoms with E-state index < -0.39 is 0 Å². The molecule has 0 amide bonds. The van der Waals surface area contributed by atoms with E-state index in [0.717, 1.165) is 79.6 Å². The van der Waals surface area contributed by atoms with Gasteiger partial charge in [0.1, 0.15) is 17.4 Å². The van der Waals surface area contributed by atoms with Crippen LogP contribution in [0.4, 0.5) is 23.0 Å². The topological polar surface area (TPSA) is 109 Å². The highest BCUT2D eigenvalue weighted by Crippen LogP contribution is 2.33. The number of aromatic nitrogens is 4. The van der Waals surface area contributed by atoms with Gasteiger partial charge in [0.05, 0.1) is 43.6 Å². The molecule has 2 fully saturated rings. The molecule has 0 saturated carbocycles. The van der Waals surface area contributed by atoms with Crippen molar-refractivity contribution in [1.29, 1.82) is 0 Å². The Labute approximate surface area is 215 Å². The number of nitrogens with zero attached hydrogens (tertiary/aromatic N) is 5. The van der Waals surface area contributed by atoms with E-state index in [0.29, 0.717) is 11.6 Å². The lowest BCUT2D eigenvalue weighted by Gasteiger charge is -2.29. The predicted molar refractivity (Wildman–Crippen MR) is 145 cm³/mol. The van der Waals surface area contributed by atoms with E-state index in [9.17, 15) is 0 Å². The number of hydrogen-bond donors (Lipinski definition) is 3. The fourth-order valence-electron chi connectivity index (χ4n) is 4.80. The quantitative estimate of drug-likeness (QED) is 0.350. The van der Waals surface area contributed by atoms with Gasteiger partial charge in [0.2, 0.25) is 0 Å². The third kappa shape index (κ3) is 5.11. The molecular formula is C27H30N8O2. The van der Waals surface area contributed by atoms with E-state index in [1.165, 1.54) is 5.69 Å². The number of benzene rings is 1. The van der Waals surface area contributed by atoms with Crippen molar-refractivity contribution in [3.63, 3.8) is 0 Å². The lowest BCUT2D eigenvalue weighted by atomic mass is 10.2. The average molecular weight is 499 g/mol. The fourth-order valence-corrected chi connectivity index (χ4v) is 4.80. The molecule has 37 heavy (non-hydrogen) atoms. The number of rotatable bonds is 7. The Bertz CT molecular complexity index is 1390. The number of morpholine rings is 1. The second kappa shape index (κ2) is 10.5. The van der Waals surface area contributed by atoms with Gasteiger partial charge >= 0.3 is 0 Å². The number of hydrogen-bond acceptors (Lipinski definition) is 10. The SMILES string of the molecule is COc1cncc2nc(-c3ccnc(Nc4cccc(N5CCOCC5)c4)c3)nc(N[C@@H]3CCNC3)c12. The summed E-state index contributed by atoms with van der Waals surface area (Å²) in [4.78, 5) is 21.0. The summed E-state index contributed by atoms with van der Waals surface area (Å²) in [6.07, 6.45) is 6.25. The molecule has 2 aliphatic rings. The van der Waals surface area contributed by atoms with Crippen LogP contribution in [-0.4, -0.2) is 72.5 Å². The van der Waals surface area contributed by atoms with Crippen molar-refractivity contribution in [1.82, 2.24) is 25.3 Å². The van der Waals surface area contributed by atoms with E-state index in [1.54, 1.807) is 25.7 Å². The van der Waals surface area contributed by atoms with Gasteiger partial charge in [-0.1, -0.05) is 6.07 Å². The van der Waals surface area contributed by atoms with E-state index in [4.69, 9.17) is 19.4 Å². The Balaban J connectivity index is 1.31. The van der Waals surface area contributed by atoms with Crippen LogP contribution in [0.15, 0.2) is 55.0 Å². The smallest absolute Gasteiger partial charge is 0.162 e. The molecule has 0 unspecified atom stereocenters. The molecule has 10 nitrogen and oxygen atoms in total. The van der Waals surface area contributed by atoms with Gasteiger partial charge in [-0.25, -0.2) is 15.0 Å². The molecule has 190 valence electrons. The first-order chi connectivity index (χ1) is 18.3. The molecule has 0 spiro atoms. The van der Waals surface area contributed by atoms with Crippen LogP contribution in [0.3, 0.4) is 0 Å². The van der Waals surface area contributed by atoms with Crippen LogP contribution in [-0.2, 0) is 4.74 Å². The van der Waals surface area contributed by atoms with E-state index in [-0.39, 0.29) is 6.04 Å². The van der Waals surface area contributed by atoms with Crippen LogP contribution in [0.1, 0.15) is 6.42 Å². The van der Waals surface area contributed by atoms with Crippen LogP contribution >= 0.6 is 0 Å². The maximum absolute atomic E-state index is 5.59. The molecule has 3 N–H and O–H groups in total. The monoisotopic (exact) mass is 498 g/mol. The number of methoxy groups -OCH3 is 1. The summed E-state index contributed by atoms with van der Waals surface area (Å²) in [7, 11) is 1.64. The standard InChI is InChI=1S/C27H30N8O2/c1-36-23-17-29-16-22-25(23)27(32-20-6-7-28-15-20)34-26(33-22)18-5-8-30-24(13-18)31-19-3-2-4-21(14-19)35-9-11-37-12-10-35/h2-5,8,13-14,16-17,20,28H,6-7,9-12,15H2,1H3,(H,30,31)(H,32,33,34)/t20-/m1/s1. The lowest BCUT2D eigenvalue weighted by molar-refractivity contribution is 0.122. The van der Waals surface area contributed by atoms with E-state index >= 15 is 0 Å². The van der Waals surface area contributed by atoms with Crippen molar-refractivity contribution in [3.05, 3.63) is 55.0 Å². The molecule has 5 heterocycles. The van der Waals surface area contributed by atoms with Crippen molar-refractivity contribution in [2.45, 2.75) is 12.5 Å².